The molecule has 1 aromatic rings. The van der Waals surface area contributed by atoms with E-state index in [-0.39, 0.29) is 5.91 Å². The van der Waals surface area contributed by atoms with Crippen LogP contribution in [0.4, 0.5) is 5.69 Å². The Kier molecular flexibility index (Phi) is 5.10. The smallest absolute Gasteiger partial charge is 0.238 e. The molecular weight excluding hydrogens is 252 g/mol. The maximum absolute atomic E-state index is 12.1. The zero-order chi connectivity index (χ0) is 14.4. The SMILES string of the molecule is CCCN(CC(=O)Nc1ccccc1C#N)C1CNC1. The van der Waals surface area contributed by atoms with Crippen molar-refractivity contribution in [2.75, 3.05) is 31.5 Å². The van der Waals surface area contributed by atoms with Gasteiger partial charge in [-0.1, -0.05) is 19.1 Å². The highest BCUT2D eigenvalue weighted by Crippen LogP contribution is 2.14. The Morgan fingerprint density at radius 2 is 2.25 bits per heavy atom. The van der Waals surface area contributed by atoms with E-state index >= 15 is 0 Å². The summed E-state index contributed by atoms with van der Waals surface area (Å²) in [4.78, 5) is 14.3. The molecule has 0 atom stereocenters. The molecule has 0 aromatic heterocycles. The van der Waals surface area contributed by atoms with Gasteiger partial charge in [0.15, 0.2) is 0 Å². The molecule has 1 saturated heterocycles. The summed E-state index contributed by atoms with van der Waals surface area (Å²) in [5, 5.41) is 15.1. The third kappa shape index (κ3) is 3.56. The minimum Gasteiger partial charge on any atom is -0.324 e. The molecule has 0 radical (unpaired) electrons. The number of hydrogen-bond acceptors (Lipinski definition) is 4. The number of carbonyl (C=O) groups is 1. The predicted molar refractivity (Wildman–Crippen MR) is 78.3 cm³/mol. The standard InChI is InChI=1S/C15H20N4O/c1-2-7-19(13-9-17-10-13)11-15(20)18-14-6-4-3-5-12(14)8-16/h3-6,13,17H,2,7,9-11H2,1H3,(H,18,20). The average Bonchev–Trinajstić information content (AvgIpc) is 2.37. The van der Waals surface area contributed by atoms with Crippen LogP contribution in [0.25, 0.3) is 0 Å². The Balaban J connectivity index is 1.95. The Bertz CT molecular complexity index is 505. The van der Waals surface area contributed by atoms with Gasteiger partial charge in [-0.3, -0.25) is 9.69 Å². The molecule has 20 heavy (non-hydrogen) atoms. The predicted octanol–water partition coefficient (Wildman–Crippen LogP) is 1.18. The fourth-order valence-corrected chi connectivity index (χ4v) is 2.27. The van der Waals surface area contributed by atoms with E-state index in [2.05, 4.69) is 28.5 Å². The van der Waals surface area contributed by atoms with Crippen LogP contribution >= 0.6 is 0 Å². The van der Waals surface area contributed by atoms with Gasteiger partial charge in [0.2, 0.25) is 5.91 Å². The van der Waals surface area contributed by atoms with Gasteiger partial charge in [-0.2, -0.15) is 5.26 Å². The molecule has 1 fully saturated rings. The Morgan fingerprint density at radius 1 is 1.50 bits per heavy atom. The van der Waals surface area contributed by atoms with Gasteiger partial charge in [0.1, 0.15) is 6.07 Å². The van der Waals surface area contributed by atoms with Crippen molar-refractivity contribution in [2.45, 2.75) is 19.4 Å². The van der Waals surface area contributed by atoms with Gasteiger partial charge >= 0.3 is 0 Å². The fourth-order valence-electron chi connectivity index (χ4n) is 2.27. The number of nitrogens with one attached hydrogen (secondary N) is 2. The Hall–Kier alpha value is -1.90. The maximum Gasteiger partial charge on any atom is 0.238 e. The monoisotopic (exact) mass is 272 g/mol. The van der Waals surface area contributed by atoms with E-state index in [1.807, 2.05) is 6.07 Å². The summed E-state index contributed by atoms with van der Waals surface area (Å²) in [6, 6.07) is 9.60. The van der Waals surface area contributed by atoms with Gasteiger partial charge in [-0.05, 0) is 25.1 Å². The van der Waals surface area contributed by atoms with Crippen molar-refractivity contribution < 1.29 is 4.79 Å². The summed E-state index contributed by atoms with van der Waals surface area (Å²) in [6.07, 6.45) is 1.03. The lowest BCUT2D eigenvalue weighted by Gasteiger charge is -2.37. The van der Waals surface area contributed by atoms with Crippen molar-refractivity contribution in [3.05, 3.63) is 29.8 Å². The van der Waals surface area contributed by atoms with Crippen LogP contribution in [-0.2, 0) is 4.79 Å². The quantitative estimate of drug-likeness (QED) is 0.816. The number of carbonyl (C=O) groups excluding carboxylic acids is 1. The molecule has 2 N–H and O–H groups in total. The van der Waals surface area contributed by atoms with Crippen molar-refractivity contribution in [1.29, 1.82) is 5.26 Å². The van der Waals surface area contributed by atoms with Crippen molar-refractivity contribution in [1.82, 2.24) is 10.2 Å². The van der Waals surface area contributed by atoms with Crippen molar-refractivity contribution >= 4 is 11.6 Å². The second-order valence-electron chi connectivity index (χ2n) is 4.99. The highest BCUT2D eigenvalue weighted by molar-refractivity contribution is 5.93. The molecule has 2 rings (SSSR count). The first-order chi connectivity index (χ1) is 9.74. The van der Waals surface area contributed by atoms with Crippen LogP contribution in [0.1, 0.15) is 18.9 Å². The van der Waals surface area contributed by atoms with E-state index in [1.165, 1.54) is 0 Å². The van der Waals surface area contributed by atoms with Gasteiger partial charge in [-0.15, -0.1) is 0 Å². The van der Waals surface area contributed by atoms with Gasteiger partial charge in [0, 0.05) is 19.1 Å². The van der Waals surface area contributed by atoms with Crippen LogP contribution in [0, 0.1) is 11.3 Å². The van der Waals surface area contributed by atoms with Gasteiger partial charge in [-0.25, -0.2) is 0 Å². The van der Waals surface area contributed by atoms with Crippen LogP contribution in [0.2, 0.25) is 0 Å². The second kappa shape index (κ2) is 7.04. The number of amides is 1. The lowest BCUT2D eigenvalue weighted by Crippen LogP contribution is -2.58. The summed E-state index contributed by atoms with van der Waals surface area (Å²) >= 11 is 0. The first-order valence-corrected chi connectivity index (χ1v) is 6.98. The van der Waals surface area contributed by atoms with Crippen LogP contribution in [-0.4, -0.2) is 43.0 Å². The van der Waals surface area contributed by atoms with E-state index in [0.717, 1.165) is 26.1 Å². The molecule has 1 amide bonds. The zero-order valence-electron chi connectivity index (χ0n) is 11.7. The number of rotatable bonds is 6. The molecule has 1 aliphatic rings. The van der Waals surface area contributed by atoms with Gasteiger partial charge < -0.3 is 10.6 Å². The van der Waals surface area contributed by atoms with Gasteiger partial charge in [0.05, 0.1) is 17.8 Å². The van der Waals surface area contributed by atoms with Crippen molar-refractivity contribution in [2.24, 2.45) is 0 Å². The summed E-state index contributed by atoms with van der Waals surface area (Å²) in [5.74, 6) is -0.0620. The van der Waals surface area contributed by atoms with Crippen LogP contribution in [0.3, 0.4) is 0 Å². The number of hydrogen-bond donors (Lipinski definition) is 2. The highest BCUT2D eigenvalue weighted by atomic mass is 16.2. The third-order valence-electron chi connectivity index (χ3n) is 3.46. The topological polar surface area (TPSA) is 68.2 Å². The molecule has 0 saturated carbocycles. The van der Waals surface area contributed by atoms with E-state index in [9.17, 15) is 4.79 Å². The first kappa shape index (κ1) is 14.5. The molecule has 1 heterocycles. The second-order valence-corrected chi connectivity index (χ2v) is 4.99. The summed E-state index contributed by atoms with van der Waals surface area (Å²) in [6.45, 7) is 5.30. The van der Waals surface area contributed by atoms with E-state index in [4.69, 9.17) is 5.26 Å². The largest absolute Gasteiger partial charge is 0.324 e. The van der Waals surface area contributed by atoms with Crippen molar-refractivity contribution in [3.63, 3.8) is 0 Å². The Labute approximate surface area is 119 Å². The molecule has 106 valence electrons. The third-order valence-corrected chi connectivity index (χ3v) is 3.46. The molecule has 0 aliphatic carbocycles. The summed E-state index contributed by atoms with van der Waals surface area (Å²) in [5.41, 5.74) is 1.08. The molecule has 1 aromatic carbocycles. The number of nitriles is 1. The van der Waals surface area contributed by atoms with Crippen LogP contribution < -0.4 is 10.6 Å². The number of anilines is 1. The molecule has 1 aliphatic heterocycles. The van der Waals surface area contributed by atoms with E-state index in [0.29, 0.717) is 23.8 Å². The fraction of sp³-hybridized carbons (Fsp3) is 0.467. The molecule has 0 bridgehead atoms. The summed E-state index contributed by atoms with van der Waals surface area (Å²) in [7, 11) is 0. The Morgan fingerprint density at radius 3 is 2.85 bits per heavy atom. The van der Waals surface area contributed by atoms with E-state index < -0.39 is 0 Å². The lowest BCUT2D eigenvalue weighted by atomic mass is 10.1. The van der Waals surface area contributed by atoms with Crippen molar-refractivity contribution in [3.8, 4) is 6.07 Å². The van der Waals surface area contributed by atoms with E-state index in [1.54, 1.807) is 18.2 Å². The minimum atomic E-state index is -0.0620. The number of nitrogens with zero attached hydrogens (tertiary/aromatic N) is 2. The molecule has 5 heteroatoms. The maximum atomic E-state index is 12.1. The van der Waals surface area contributed by atoms with Gasteiger partial charge in [0.25, 0.3) is 0 Å². The van der Waals surface area contributed by atoms with Crippen LogP contribution in [0.5, 0.6) is 0 Å². The highest BCUT2D eigenvalue weighted by Gasteiger charge is 2.25. The first-order valence-electron chi connectivity index (χ1n) is 6.98. The summed E-state index contributed by atoms with van der Waals surface area (Å²) < 4.78 is 0. The minimum absolute atomic E-state index is 0.0620. The molecule has 5 nitrogen and oxygen atoms in total. The number of para-hydroxylation sites is 1. The molecule has 0 spiro atoms. The normalized spacial score (nSPS) is 14.7. The lowest BCUT2D eigenvalue weighted by molar-refractivity contribution is -0.118. The average molecular weight is 272 g/mol. The molecule has 0 unspecified atom stereocenters. The number of benzene rings is 1. The zero-order valence-corrected chi connectivity index (χ0v) is 11.7. The molecular formula is C15H20N4O. The van der Waals surface area contributed by atoms with Crippen LogP contribution in [0.15, 0.2) is 24.3 Å².